The Morgan fingerprint density at radius 2 is 1.00 bits per heavy atom. The molecule has 0 radical (unpaired) electrons. The van der Waals surface area contributed by atoms with Crippen LogP contribution >= 0.6 is 0 Å². The first-order valence-electron chi connectivity index (χ1n) is 8.72. The fourth-order valence-corrected chi connectivity index (χ4v) is 2.00. The van der Waals surface area contributed by atoms with E-state index in [1.807, 2.05) is 0 Å². The maximum absolute atomic E-state index is 11.5. The Balaban J connectivity index is 3.35. The molecule has 0 rings (SSSR count). The minimum Gasteiger partial charge on any atom is -0.466 e. The quantitative estimate of drug-likeness (QED) is 0.336. The van der Waals surface area contributed by atoms with Gasteiger partial charge in [-0.25, -0.2) is 0 Å². The van der Waals surface area contributed by atoms with Gasteiger partial charge in [0.05, 0.1) is 19.6 Å². The molecular formula is C18H30O6. The second kappa shape index (κ2) is 14.8. The van der Waals surface area contributed by atoms with Crippen molar-refractivity contribution >= 4 is 23.5 Å². The number of hydrogen-bond donors (Lipinski definition) is 0. The standard InChI is InChI=1S/C18H30O6/c1-15(19)9-5-3-7-13-23-17(21)10-6-4-8-14-24-18(22)12-11-16(2)20/h3-14H2,1-2H3. The molecule has 0 bridgehead atoms. The van der Waals surface area contributed by atoms with Crippen molar-refractivity contribution in [2.24, 2.45) is 0 Å². The zero-order valence-corrected chi connectivity index (χ0v) is 14.9. The third-order valence-electron chi connectivity index (χ3n) is 3.41. The molecule has 0 heterocycles. The van der Waals surface area contributed by atoms with Gasteiger partial charge in [0.2, 0.25) is 0 Å². The van der Waals surface area contributed by atoms with Gasteiger partial charge in [0.15, 0.2) is 0 Å². The SMILES string of the molecule is CC(=O)CCCCCOC(=O)CCCCCOC(=O)CCC(C)=O. The summed E-state index contributed by atoms with van der Waals surface area (Å²) >= 11 is 0. The fourth-order valence-electron chi connectivity index (χ4n) is 2.00. The molecular weight excluding hydrogens is 312 g/mol. The summed E-state index contributed by atoms with van der Waals surface area (Å²) in [6.07, 6.45) is 6.02. The second-order valence-corrected chi connectivity index (χ2v) is 5.97. The van der Waals surface area contributed by atoms with E-state index in [1.165, 1.54) is 6.92 Å². The molecule has 0 atom stereocenters. The van der Waals surface area contributed by atoms with Crippen LogP contribution in [0.2, 0.25) is 0 Å². The summed E-state index contributed by atoms with van der Waals surface area (Å²) in [7, 11) is 0. The van der Waals surface area contributed by atoms with Crippen LogP contribution in [0.4, 0.5) is 0 Å². The molecule has 0 aromatic heterocycles. The summed E-state index contributed by atoms with van der Waals surface area (Å²) in [5, 5.41) is 0. The first-order chi connectivity index (χ1) is 11.4. The molecule has 0 aliphatic heterocycles. The molecule has 0 spiro atoms. The van der Waals surface area contributed by atoms with Crippen LogP contribution in [0.3, 0.4) is 0 Å². The Bertz CT molecular complexity index is 402. The van der Waals surface area contributed by atoms with Gasteiger partial charge in [-0.05, 0) is 52.4 Å². The lowest BCUT2D eigenvalue weighted by Crippen LogP contribution is -2.08. The highest BCUT2D eigenvalue weighted by Crippen LogP contribution is 2.05. The number of ether oxygens (including phenoxy) is 2. The lowest BCUT2D eigenvalue weighted by molar-refractivity contribution is -0.145. The van der Waals surface area contributed by atoms with Crippen molar-refractivity contribution < 1.29 is 28.7 Å². The lowest BCUT2D eigenvalue weighted by Gasteiger charge is -2.05. The summed E-state index contributed by atoms with van der Waals surface area (Å²) < 4.78 is 10.1. The van der Waals surface area contributed by atoms with E-state index in [1.54, 1.807) is 6.92 Å². The Morgan fingerprint density at radius 3 is 1.50 bits per heavy atom. The molecule has 0 aliphatic carbocycles. The maximum Gasteiger partial charge on any atom is 0.306 e. The van der Waals surface area contributed by atoms with Gasteiger partial charge in [-0.15, -0.1) is 0 Å². The zero-order chi connectivity index (χ0) is 18.2. The van der Waals surface area contributed by atoms with E-state index in [-0.39, 0.29) is 36.3 Å². The number of esters is 2. The van der Waals surface area contributed by atoms with Crippen molar-refractivity contribution in [3.63, 3.8) is 0 Å². The van der Waals surface area contributed by atoms with Crippen LogP contribution in [0.25, 0.3) is 0 Å². The van der Waals surface area contributed by atoms with Gasteiger partial charge in [0, 0.05) is 19.3 Å². The van der Waals surface area contributed by atoms with Crippen molar-refractivity contribution in [3.8, 4) is 0 Å². The normalized spacial score (nSPS) is 10.2. The van der Waals surface area contributed by atoms with Crippen LogP contribution in [-0.4, -0.2) is 36.7 Å². The van der Waals surface area contributed by atoms with E-state index in [2.05, 4.69) is 0 Å². The molecule has 138 valence electrons. The van der Waals surface area contributed by atoms with Crippen molar-refractivity contribution in [1.82, 2.24) is 0 Å². The summed E-state index contributed by atoms with van der Waals surface area (Å²) in [4.78, 5) is 44.2. The molecule has 0 saturated heterocycles. The fraction of sp³-hybridized carbons (Fsp3) is 0.778. The van der Waals surface area contributed by atoms with Crippen molar-refractivity contribution in [2.45, 2.75) is 78.1 Å². The molecule has 6 nitrogen and oxygen atoms in total. The Kier molecular flexibility index (Phi) is 13.8. The van der Waals surface area contributed by atoms with Crippen molar-refractivity contribution in [2.75, 3.05) is 13.2 Å². The van der Waals surface area contributed by atoms with Crippen LogP contribution in [0.5, 0.6) is 0 Å². The summed E-state index contributed by atoms with van der Waals surface area (Å²) in [5.41, 5.74) is 0. The number of Topliss-reactive ketones (excluding diaryl/α,β-unsaturated/α-hetero) is 2. The summed E-state index contributed by atoms with van der Waals surface area (Å²) in [5.74, 6) is -0.393. The van der Waals surface area contributed by atoms with E-state index >= 15 is 0 Å². The Labute approximate surface area is 144 Å². The number of rotatable bonds is 15. The molecule has 0 fully saturated rings. The zero-order valence-electron chi connectivity index (χ0n) is 14.9. The molecule has 0 saturated carbocycles. The third-order valence-corrected chi connectivity index (χ3v) is 3.41. The van der Waals surface area contributed by atoms with E-state index < -0.39 is 0 Å². The molecule has 24 heavy (non-hydrogen) atoms. The van der Waals surface area contributed by atoms with E-state index in [4.69, 9.17) is 9.47 Å². The van der Waals surface area contributed by atoms with Gasteiger partial charge in [-0.3, -0.25) is 9.59 Å². The predicted octanol–water partition coefficient (Wildman–Crippen LogP) is 3.15. The maximum atomic E-state index is 11.5. The van der Waals surface area contributed by atoms with Gasteiger partial charge in [-0.1, -0.05) is 0 Å². The summed E-state index contributed by atoms with van der Waals surface area (Å²) in [6, 6.07) is 0. The first-order valence-corrected chi connectivity index (χ1v) is 8.72. The number of carbonyl (C=O) groups excluding carboxylic acids is 4. The molecule has 6 heteroatoms. The van der Waals surface area contributed by atoms with Crippen molar-refractivity contribution in [1.29, 1.82) is 0 Å². The molecule has 0 aromatic carbocycles. The number of unbranched alkanes of at least 4 members (excludes halogenated alkanes) is 4. The van der Waals surface area contributed by atoms with Crippen LogP contribution in [0.15, 0.2) is 0 Å². The van der Waals surface area contributed by atoms with Gasteiger partial charge >= 0.3 is 11.9 Å². The second-order valence-electron chi connectivity index (χ2n) is 5.97. The third kappa shape index (κ3) is 16.6. The van der Waals surface area contributed by atoms with Crippen molar-refractivity contribution in [3.05, 3.63) is 0 Å². The molecule has 0 aromatic rings. The number of hydrogen-bond acceptors (Lipinski definition) is 6. The minimum absolute atomic E-state index is 0.0238. The van der Waals surface area contributed by atoms with Gasteiger partial charge in [0.1, 0.15) is 11.6 Å². The highest BCUT2D eigenvalue weighted by Gasteiger charge is 2.05. The number of carbonyl (C=O) groups is 4. The highest BCUT2D eigenvalue weighted by atomic mass is 16.5. The monoisotopic (exact) mass is 342 g/mol. The minimum atomic E-state index is -0.352. The lowest BCUT2D eigenvalue weighted by atomic mass is 10.1. The molecule has 0 aliphatic rings. The topological polar surface area (TPSA) is 86.7 Å². The van der Waals surface area contributed by atoms with E-state index in [9.17, 15) is 19.2 Å². The van der Waals surface area contributed by atoms with Crippen LogP contribution in [0, 0.1) is 0 Å². The van der Waals surface area contributed by atoms with E-state index in [0.717, 1.165) is 25.7 Å². The predicted molar refractivity (Wildman–Crippen MR) is 89.5 cm³/mol. The smallest absolute Gasteiger partial charge is 0.306 e. The van der Waals surface area contributed by atoms with Gasteiger partial charge in [0.25, 0.3) is 0 Å². The molecule has 0 N–H and O–H groups in total. The van der Waals surface area contributed by atoms with Crippen LogP contribution in [-0.2, 0) is 28.7 Å². The molecule has 0 amide bonds. The average molecular weight is 342 g/mol. The largest absolute Gasteiger partial charge is 0.466 e. The highest BCUT2D eigenvalue weighted by molar-refractivity contribution is 5.80. The van der Waals surface area contributed by atoms with Crippen LogP contribution in [0.1, 0.15) is 78.1 Å². The van der Waals surface area contributed by atoms with Crippen LogP contribution < -0.4 is 0 Å². The summed E-state index contributed by atoms with van der Waals surface area (Å²) in [6.45, 7) is 3.75. The Hall–Kier alpha value is -1.72. The molecule has 0 unspecified atom stereocenters. The first kappa shape index (κ1) is 22.3. The van der Waals surface area contributed by atoms with E-state index in [0.29, 0.717) is 38.9 Å². The average Bonchev–Trinajstić information content (AvgIpc) is 2.51. The Morgan fingerprint density at radius 1 is 0.542 bits per heavy atom. The number of ketones is 2. The van der Waals surface area contributed by atoms with Gasteiger partial charge in [-0.2, -0.15) is 0 Å². The van der Waals surface area contributed by atoms with Gasteiger partial charge < -0.3 is 19.1 Å².